The molecule has 0 aliphatic carbocycles. The zero-order valence-electron chi connectivity index (χ0n) is 20.9. The largest absolute Gasteiger partial charge is 0.496 e. The second-order valence-electron chi connectivity index (χ2n) is 9.26. The van der Waals surface area contributed by atoms with Gasteiger partial charge in [-0.3, -0.25) is 9.69 Å². The number of halogens is 1. The third-order valence-electron chi connectivity index (χ3n) is 6.41. The predicted octanol–water partition coefficient (Wildman–Crippen LogP) is 3.26. The Bertz CT molecular complexity index is 984. The first kappa shape index (κ1) is 26.9. The molecule has 0 saturated heterocycles. The quantitative estimate of drug-likeness (QED) is 0.688. The number of ether oxygens (including phenoxy) is 2. The number of amides is 1. The molecule has 0 spiro atoms. The summed E-state index contributed by atoms with van der Waals surface area (Å²) in [6, 6.07) is 10.1. The van der Waals surface area contributed by atoms with Gasteiger partial charge in [0.1, 0.15) is 30.0 Å². The number of aliphatic hydroxyl groups excluding tert-OH is 2. The highest BCUT2D eigenvalue weighted by Crippen LogP contribution is 2.26. The Hall–Kier alpha value is -2.68. The van der Waals surface area contributed by atoms with Gasteiger partial charge < -0.3 is 24.6 Å². The van der Waals surface area contributed by atoms with Crippen LogP contribution in [0.4, 0.5) is 4.39 Å². The molecule has 2 N–H and O–H groups in total. The second-order valence-corrected chi connectivity index (χ2v) is 9.26. The van der Waals surface area contributed by atoms with Gasteiger partial charge in [0.25, 0.3) is 5.91 Å². The number of benzene rings is 2. The molecular formula is C27H37FN2O5. The average molecular weight is 489 g/mol. The Morgan fingerprint density at radius 2 is 1.94 bits per heavy atom. The van der Waals surface area contributed by atoms with Crippen molar-refractivity contribution in [1.82, 2.24) is 9.80 Å². The molecule has 7 nitrogen and oxygen atoms in total. The number of hydrogen-bond donors (Lipinski definition) is 2. The van der Waals surface area contributed by atoms with Crippen molar-refractivity contribution in [3.63, 3.8) is 0 Å². The molecule has 0 aromatic heterocycles. The Morgan fingerprint density at radius 1 is 1.14 bits per heavy atom. The van der Waals surface area contributed by atoms with Crippen LogP contribution in [-0.4, -0.2) is 79.0 Å². The number of hydrogen-bond acceptors (Lipinski definition) is 6. The lowest BCUT2D eigenvalue weighted by Crippen LogP contribution is -2.36. The van der Waals surface area contributed by atoms with E-state index in [2.05, 4.69) is 4.90 Å². The molecule has 1 aliphatic rings. The smallest absolute Gasteiger partial charge is 0.253 e. The van der Waals surface area contributed by atoms with Gasteiger partial charge in [-0.15, -0.1) is 0 Å². The van der Waals surface area contributed by atoms with Crippen molar-refractivity contribution in [3.8, 4) is 11.5 Å². The molecule has 1 amide bonds. The summed E-state index contributed by atoms with van der Waals surface area (Å²) in [6.07, 6.45) is 1.73. The number of carbonyl (C=O) groups excluding carboxylic acids is 1. The number of fused-ring (bicyclic) bond motifs is 1. The van der Waals surface area contributed by atoms with E-state index in [1.807, 2.05) is 6.07 Å². The minimum absolute atomic E-state index is 0.0592. The number of aliphatic hydroxyl groups is 2. The van der Waals surface area contributed by atoms with Crippen molar-refractivity contribution in [1.29, 1.82) is 0 Å². The highest BCUT2D eigenvalue weighted by Gasteiger charge is 2.21. The fourth-order valence-corrected chi connectivity index (χ4v) is 4.31. The molecule has 0 unspecified atom stereocenters. The standard InChI is InChI=1S/C27H37FN2O5/c1-29(2)27(33)20-11-12-25-19(16-20)8-5-4-6-14-30(15-13-23(31)24(32)18-35-25)17-21-22(28)9-7-10-26(21)34-3/h7,9-12,16,23-24,31-32H,4-6,8,13-15,17-18H2,1-3H3/t23-,24+/m0/s1. The van der Waals surface area contributed by atoms with E-state index in [-0.39, 0.29) is 18.3 Å². The first-order valence-corrected chi connectivity index (χ1v) is 12.2. The van der Waals surface area contributed by atoms with Gasteiger partial charge in [0.05, 0.1) is 13.2 Å². The number of methoxy groups -OCH3 is 1. The van der Waals surface area contributed by atoms with E-state index in [0.717, 1.165) is 37.8 Å². The normalized spacial score (nSPS) is 20.3. The summed E-state index contributed by atoms with van der Waals surface area (Å²) in [5.41, 5.74) is 1.98. The molecule has 0 saturated carbocycles. The first-order valence-electron chi connectivity index (χ1n) is 12.2. The molecule has 0 radical (unpaired) electrons. The molecule has 0 bridgehead atoms. The van der Waals surface area contributed by atoms with Crippen molar-refractivity contribution in [2.45, 2.75) is 50.9 Å². The van der Waals surface area contributed by atoms with E-state index >= 15 is 0 Å². The van der Waals surface area contributed by atoms with Gasteiger partial charge in [0, 0.05) is 38.3 Å². The molecule has 2 aromatic carbocycles. The van der Waals surface area contributed by atoms with Gasteiger partial charge in [-0.2, -0.15) is 0 Å². The zero-order valence-corrected chi connectivity index (χ0v) is 20.9. The summed E-state index contributed by atoms with van der Waals surface area (Å²) in [7, 11) is 4.95. The SMILES string of the molecule is COc1cccc(F)c1CN1CCCCCc2cc(C(=O)N(C)C)ccc2OC[C@@H](O)[C@@H](O)CC1. The van der Waals surface area contributed by atoms with Crippen LogP contribution in [0.5, 0.6) is 11.5 Å². The van der Waals surface area contributed by atoms with Crippen molar-refractivity contribution in [3.05, 3.63) is 58.9 Å². The number of nitrogens with zero attached hydrogens (tertiary/aromatic N) is 2. The van der Waals surface area contributed by atoms with E-state index in [1.165, 1.54) is 18.1 Å². The average Bonchev–Trinajstić information content (AvgIpc) is 2.85. The fourth-order valence-electron chi connectivity index (χ4n) is 4.31. The van der Waals surface area contributed by atoms with Crippen LogP contribution in [0, 0.1) is 5.82 Å². The highest BCUT2D eigenvalue weighted by molar-refractivity contribution is 5.94. The van der Waals surface area contributed by atoms with E-state index < -0.39 is 12.2 Å². The van der Waals surface area contributed by atoms with E-state index in [9.17, 15) is 19.4 Å². The first-order chi connectivity index (χ1) is 16.8. The van der Waals surface area contributed by atoms with Crippen molar-refractivity contribution in [2.24, 2.45) is 0 Å². The van der Waals surface area contributed by atoms with E-state index in [0.29, 0.717) is 42.1 Å². The maximum Gasteiger partial charge on any atom is 0.253 e. The molecule has 0 fully saturated rings. The van der Waals surface area contributed by atoms with Crippen molar-refractivity contribution >= 4 is 5.91 Å². The Kier molecular flexibility index (Phi) is 9.89. The summed E-state index contributed by atoms with van der Waals surface area (Å²) >= 11 is 0. The van der Waals surface area contributed by atoms with Crippen LogP contribution in [0.1, 0.15) is 47.2 Å². The second kappa shape index (κ2) is 12.9. The van der Waals surface area contributed by atoms with Crippen LogP contribution in [-0.2, 0) is 13.0 Å². The van der Waals surface area contributed by atoms with Gasteiger partial charge in [-0.1, -0.05) is 12.5 Å². The number of aryl methyl sites for hydroxylation is 1. The lowest BCUT2D eigenvalue weighted by molar-refractivity contribution is -0.0163. The Balaban J connectivity index is 1.75. The van der Waals surface area contributed by atoms with E-state index in [4.69, 9.17) is 9.47 Å². The summed E-state index contributed by atoms with van der Waals surface area (Å²) in [5.74, 6) is 0.717. The predicted molar refractivity (Wildman–Crippen MR) is 132 cm³/mol. The Morgan fingerprint density at radius 3 is 2.69 bits per heavy atom. The van der Waals surface area contributed by atoms with Crippen molar-refractivity contribution < 1.29 is 28.9 Å². The molecule has 1 aliphatic heterocycles. The zero-order chi connectivity index (χ0) is 25.4. The lowest BCUT2D eigenvalue weighted by Gasteiger charge is -2.27. The molecule has 35 heavy (non-hydrogen) atoms. The van der Waals surface area contributed by atoms with Crippen LogP contribution in [0.25, 0.3) is 0 Å². The maximum atomic E-state index is 14.5. The summed E-state index contributed by atoms with van der Waals surface area (Å²) in [6.45, 7) is 1.52. The van der Waals surface area contributed by atoms with Crippen LogP contribution in [0.2, 0.25) is 0 Å². The molecule has 1 heterocycles. The molecule has 2 aromatic rings. The molecule has 8 heteroatoms. The third-order valence-corrected chi connectivity index (χ3v) is 6.41. The lowest BCUT2D eigenvalue weighted by atomic mass is 10.0. The fraction of sp³-hybridized carbons (Fsp3) is 0.519. The minimum Gasteiger partial charge on any atom is -0.496 e. The van der Waals surface area contributed by atoms with Crippen LogP contribution in [0.15, 0.2) is 36.4 Å². The van der Waals surface area contributed by atoms with Gasteiger partial charge >= 0.3 is 0 Å². The molecular weight excluding hydrogens is 451 g/mol. The van der Waals surface area contributed by atoms with Gasteiger partial charge in [0.2, 0.25) is 0 Å². The summed E-state index contributed by atoms with van der Waals surface area (Å²) < 4.78 is 25.7. The summed E-state index contributed by atoms with van der Waals surface area (Å²) in [5, 5.41) is 21.0. The number of carbonyl (C=O) groups is 1. The summed E-state index contributed by atoms with van der Waals surface area (Å²) in [4.78, 5) is 16.0. The minimum atomic E-state index is -1.07. The van der Waals surface area contributed by atoms with Gasteiger partial charge in [-0.05, 0) is 68.1 Å². The van der Waals surface area contributed by atoms with Gasteiger partial charge in [-0.25, -0.2) is 4.39 Å². The highest BCUT2D eigenvalue weighted by atomic mass is 19.1. The molecule has 3 rings (SSSR count). The Labute approximate surface area is 207 Å². The monoisotopic (exact) mass is 488 g/mol. The molecule has 2 atom stereocenters. The maximum absolute atomic E-state index is 14.5. The van der Waals surface area contributed by atoms with E-state index in [1.54, 1.807) is 38.4 Å². The van der Waals surface area contributed by atoms with Crippen LogP contribution < -0.4 is 9.47 Å². The van der Waals surface area contributed by atoms with Crippen LogP contribution in [0.3, 0.4) is 0 Å². The van der Waals surface area contributed by atoms with Gasteiger partial charge in [0.15, 0.2) is 0 Å². The topological polar surface area (TPSA) is 82.5 Å². The van der Waals surface area contributed by atoms with Crippen molar-refractivity contribution in [2.75, 3.05) is 40.9 Å². The third kappa shape index (κ3) is 7.40. The van der Waals surface area contributed by atoms with Crippen LogP contribution >= 0.6 is 0 Å². The number of rotatable bonds is 4. The molecule has 192 valence electrons.